The number of halogens is 2. The van der Waals surface area contributed by atoms with Crippen LogP contribution in [0.5, 0.6) is 0 Å². The van der Waals surface area contributed by atoms with E-state index >= 15 is 0 Å². The molecule has 5 heteroatoms. The second kappa shape index (κ2) is 10.2. The summed E-state index contributed by atoms with van der Waals surface area (Å²) in [4.78, 5) is 14.2. The zero-order chi connectivity index (χ0) is 16.8. The van der Waals surface area contributed by atoms with Gasteiger partial charge in [0.1, 0.15) is 0 Å². The maximum atomic E-state index is 14.0. The summed E-state index contributed by atoms with van der Waals surface area (Å²) < 4.78 is 27.1. The van der Waals surface area contributed by atoms with Crippen molar-refractivity contribution < 1.29 is 35.3 Å². The molecule has 0 N–H and O–H groups in total. The molecule has 0 aromatic heterocycles. The number of rotatable bonds is 8. The molecule has 0 fully saturated rings. The van der Waals surface area contributed by atoms with Gasteiger partial charge in [0, 0.05) is 45.3 Å². The first-order valence-electron chi connectivity index (χ1n) is 8.02. The van der Waals surface area contributed by atoms with Crippen molar-refractivity contribution >= 4 is 11.6 Å². The molecule has 0 unspecified atom stereocenters. The topological polar surface area (TPSA) is 20.3 Å². The van der Waals surface area contributed by atoms with Crippen LogP contribution in [0.25, 0.3) is 0 Å². The fourth-order valence-electron chi connectivity index (χ4n) is 2.19. The Balaban J connectivity index is 0.00000484. The van der Waals surface area contributed by atoms with Gasteiger partial charge < -0.3 is 4.90 Å². The van der Waals surface area contributed by atoms with E-state index < -0.39 is 17.0 Å². The second-order valence-electron chi connectivity index (χ2n) is 6.26. The SMILES string of the molecule is CCCCCCN(C(=O)C(C)(C)CC)c1ccc(F)[c-]c1F.[Ti]. The molecule has 1 amide bonds. The molecule has 23 heavy (non-hydrogen) atoms. The fourth-order valence-corrected chi connectivity index (χ4v) is 2.19. The van der Waals surface area contributed by atoms with E-state index in [1.807, 2.05) is 26.8 Å². The van der Waals surface area contributed by atoms with Gasteiger partial charge >= 0.3 is 0 Å². The summed E-state index contributed by atoms with van der Waals surface area (Å²) in [6, 6.07) is 4.48. The zero-order valence-corrected chi connectivity index (χ0v) is 16.1. The second-order valence-corrected chi connectivity index (χ2v) is 6.26. The first kappa shape index (κ1) is 22.3. The molecular weight excluding hydrogens is 332 g/mol. The largest absolute Gasteiger partial charge is 0.363 e. The Bertz CT molecular complexity index is 506. The van der Waals surface area contributed by atoms with Gasteiger partial charge in [0.25, 0.3) is 0 Å². The Morgan fingerprint density at radius 3 is 2.35 bits per heavy atom. The Hall–Kier alpha value is -0.736. The molecule has 0 heterocycles. The van der Waals surface area contributed by atoms with Crippen LogP contribution in [0.3, 0.4) is 0 Å². The summed E-state index contributed by atoms with van der Waals surface area (Å²) in [5.74, 6) is -1.70. The molecule has 0 saturated carbocycles. The van der Waals surface area contributed by atoms with E-state index in [-0.39, 0.29) is 33.3 Å². The molecule has 1 aromatic carbocycles. The maximum absolute atomic E-state index is 14.0. The van der Waals surface area contributed by atoms with Crippen molar-refractivity contribution in [3.63, 3.8) is 0 Å². The Morgan fingerprint density at radius 2 is 1.83 bits per heavy atom. The first-order chi connectivity index (χ1) is 10.3. The molecule has 2 nitrogen and oxygen atoms in total. The molecule has 0 saturated heterocycles. The van der Waals surface area contributed by atoms with Crippen LogP contribution >= 0.6 is 0 Å². The number of hydrogen-bond acceptors (Lipinski definition) is 1. The number of carbonyl (C=O) groups is 1. The van der Waals surface area contributed by atoms with Crippen LogP contribution in [0.15, 0.2) is 12.1 Å². The van der Waals surface area contributed by atoms with E-state index in [0.717, 1.165) is 31.7 Å². The van der Waals surface area contributed by atoms with E-state index in [1.54, 1.807) is 0 Å². The first-order valence-corrected chi connectivity index (χ1v) is 8.02. The van der Waals surface area contributed by atoms with Gasteiger partial charge in [-0.15, -0.1) is 18.2 Å². The van der Waals surface area contributed by atoms with E-state index in [9.17, 15) is 13.6 Å². The number of hydrogen-bond donors (Lipinski definition) is 0. The van der Waals surface area contributed by atoms with Gasteiger partial charge in [-0.05, 0) is 18.5 Å². The van der Waals surface area contributed by atoms with Crippen molar-refractivity contribution in [3.8, 4) is 0 Å². The fraction of sp³-hybridized carbons (Fsp3) is 0.611. The van der Waals surface area contributed by atoms with Crippen LogP contribution in [-0.2, 0) is 26.5 Å². The van der Waals surface area contributed by atoms with Gasteiger partial charge in [0.15, 0.2) is 0 Å². The Labute approximate surface area is 153 Å². The predicted octanol–water partition coefficient (Wildman–Crippen LogP) is 5.11. The molecular formula is C18H26F2NOTi-. The maximum Gasteiger partial charge on any atom is 0.221 e. The summed E-state index contributed by atoms with van der Waals surface area (Å²) in [7, 11) is 0. The van der Waals surface area contributed by atoms with Crippen LogP contribution in [0.2, 0.25) is 0 Å². The molecule has 0 bridgehead atoms. The number of anilines is 1. The monoisotopic (exact) mass is 358 g/mol. The summed E-state index contributed by atoms with van der Waals surface area (Å²) in [6.07, 6.45) is 4.61. The van der Waals surface area contributed by atoms with E-state index in [2.05, 4.69) is 6.92 Å². The summed E-state index contributed by atoms with van der Waals surface area (Å²) in [5.41, 5.74) is -0.463. The standard InChI is InChI=1S/C18H26F2NO.Ti/c1-5-7-8-9-12-21(17(22)18(3,4)6-2)16-11-10-14(19)13-15(16)20;/h10-11H,5-9,12H2,1-4H3;/q-1;. The van der Waals surface area contributed by atoms with Crippen molar-refractivity contribution in [1.82, 2.24) is 0 Å². The van der Waals surface area contributed by atoms with E-state index in [1.165, 1.54) is 11.0 Å². The number of unbranched alkanes of at least 4 members (excludes halogenated alkanes) is 3. The van der Waals surface area contributed by atoms with Crippen molar-refractivity contribution in [1.29, 1.82) is 0 Å². The molecule has 128 valence electrons. The molecule has 1 rings (SSSR count). The van der Waals surface area contributed by atoms with Crippen LogP contribution in [0, 0.1) is 23.1 Å². The smallest absolute Gasteiger partial charge is 0.221 e. The van der Waals surface area contributed by atoms with Gasteiger partial charge in [0.2, 0.25) is 5.91 Å². The third kappa shape index (κ3) is 6.35. The molecule has 0 atom stereocenters. The molecule has 0 aliphatic rings. The minimum absolute atomic E-state index is 0. The number of carbonyl (C=O) groups excluding carboxylic acids is 1. The predicted molar refractivity (Wildman–Crippen MR) is 85.8 cm³/mol. The number of benzene rings is 1. The Kier molecular flexibility index (Phi) is 9.87. The third-order valence-corrected chi connectivity index (χ3v) is 4.08. The number of amides is 1. The van der Waals surface area contributed by atoms with Gasteiger partial charge in [-0.2, -0.15) is 0 Å². The molecule has 1 aromatic rings. The zero-order valence-electron chi connectivity index (χ0n) is 14.5. The van der Waals surface area contributed by atoms with Crippen molar-refractivity contribution in [2.24, 2.45) is 5.41 Å². The van der Waals surface area contributed by atoms with Crippen LogP contribution in [0.1, 0.15) is 59.8 Å². The van der Waals surface area contributed by atoms with Crippen LogP contribution in [-0.4, -0.2) is 12.5 Å². The van der Waals surface area contributed by atoms with E-state index in [4.69, 9.17) is 0 Å². The van der Waals surface area contributed by atoms with Gasteiger partial charge in [-0.1, -0.05) is 47.0 Å². The van der Waals surface area contributed by atoms with Crippen LogP contribution < -0.4 is 4.90 Å². The van der Waals surface area contributed by atoms with Gasteiger partial charge in [0.05, 0.1) is 0 Å². The van der Waals surface area contributed by atoms with Gasteiger partial charge in [-0.3, -0.25) is 4.79 Å². The van der Waals surface area contributed by atoms with E-state index in [0.29, 0.717) is 13.0 Å². The molecule has 0 spiro atoms. The average Bonchev–Trinajstić information content (AvgIpc) is 2.48. The van der Waals surface area contributed by atoms with Crippen molar-refractivity contribution in [3.05, 3.63) is 29.8 Å². The van der Waals surface area contributed by atoms with Crippen molar-refractivity contribution in [2.45, 2.75) is 59.8 Å². The quantitative estimate of drug-likeness (QED) is 0.359. The average molecular weight is 358 g/mol. The Morgan fingerprint density at radius 1 is 1.17 bits per heavy atom. The van der Waals surface area contributed by atoms with Crippen molar-refractivity contribution in [2.75, 3.05) is 11.4 Å². The van der Waals surface area contributed by atoms with Gasteiger partial charge in [-0.25, -0.2) is 8.78 Å². The molecule has 0 aliphatic carbocycles. The summed E-state index contributed by atoms with van der Waals surface area (Å²) in [5, 5.41) is 0. The number of nitrogens with zero attached hydrogens (tertiary/aromatic N) is 1. The molecule has 0 radical (unpaired) electrons. The minimum Gasteiger partial charge on any atom is -0.363 e. The minimum atomic E-state index is -0.809. The normalized spacial score (nSPS) is 11.0. The molecule has 0 aliphatic heterocycles. The summed E-state index contributed by atoms with van der Waals surface area (Å²) >= 11 is 0. The van der Waals surface area contributed by atoms with Crippen LogP contribution in [0.4, 0.5) is 14.5 Å². The summed E-state index contributed by atoms with van der Waals surface area (Å²) in [6.45, 7) is 8.18. The third-order valence-electron chi connectivity index (χ3n) is 4.08.